The Morgan fingerprint density at radius 3 is 3.15 bits per heavy atom. The molecule has 1 amide bonds. The van der Waals surface area contributed by atoms with Gasteiger partial charge in [0.2, 0.25) is 5.91 Å². The fourth-order valence-electron chi connectivity index (χ4n) is 0.689. The molecule has 0 fully saturated rings. The summed E-state index contributed by atoms with van der Waals surface area (Å²) in [5.74, 6) is -0.0799. The minimum Gasteiger partial charge on any atom is -0.384 e. The van der Waals surface area contributed by atoms with Crippen molar-refractivity contribution >= 4 is 38.3 Å². The summed E-state index contributed by atoms with van der Waals surface area (Å²) in [6.45, 7) is 0.429. The minimum absolute atomic E-state index is 0.0799. The molecule has 72 valence electrons. The standard InChI is InChI=1S/C7H9BrN2O2S/c1-12-3-2-6(11)10-7-9-4-5(8)13-7/h4H,2-3H2,1H3,(H,9,10,11). The topological polar surface area (TPSA) is 51.2 Å². The number of nitrogens with zero attached hydrogens (tertiary/aromatic N) is 1. The smallest absolute Gasteiger partial charge is 0.228 e. The Labute approximate surface area is 88.4 Å². The molecular weight excluding hydrogens is 256 g/mol. The Kier molecular flexibility index (Phi) is 4.34. The van der Waals surface area contributed by atoms with E-state index < -0.39 is 0 Å². The number of nitrogens with one attached hydrogen (secondary N) is 1. The van der Waals surface area contributed by atoms with Crippen LogP contribution >= 0.6 is 27.3 Å². The first-order chi connectivity index (χ1) is 6.22. The summed E-state index contributed by atoms with van der Waals surface area (Å²) in [4.78, 5) is 15.1. The number of carbonyl (C=O) groups is 1. The van der Waals surface area contributed by atoms with Crippen LogP contribution < -0.4 is 5.32 Å². The van der Waals surface area contributed by atoms with Crippen LogP contribution in [0.5, 0.6) is 0 Å². The fourth-order valence-corrected chi connectivity index (χ4v) is 1.81. The zero-order valence-corrected chi connectivity index (χ0v) is 9.44. The maximum absolute atomic E-state index is 11.1. The van der Waals surface area contributed by atoms with Crippen LogP contribution in [0.2, 0.25) is 0 Å². The van der Waals surface area contributed by atoms with Gasteiger partial charge in [-0.3, -0.25) is 4.79 Å². The van der Waals surface area contributed by atoms with Crippen molar-refractivity contribution in [3.05, 3.63) is 9.98 Å². The van der Waals surface area contributed by atoms with Crippen LogP contribution in [0.3, 0.4) is 0 Å². The van der Waals surface area contributed by atoms with Gasteiger partial charge in [0.1, 0.15) is 0 Å². The second kappa shape index (κ2) is 5.31. The lowest BCUT2D eigenvalue weighted by atomic mass is 10.4. The molecule has 0 aliphatic rings. The van der Waals surface area contributed by atoms with E-state index in [-0.39, 0.29) is 5.91 Å². The van der Waals surface area contributed by atoms with Gasteiger partial charge >= 0.3 is 0 Å². The molecule has 1 N–H and O–H groups in total. The summed E-state index contributed by atoms with van der Waals surface area (Å²) >= 11 is 4.64. The van der Waals surface area contributed by atoms with E-state index in [1.807, 2.05) is 0 Å². The first kappa shape index (κ1) is 10.6. The number of anilines is 1. The molecule has 4 nitrogen and oxygen atoms in total. The van der Waals surface area contributed by atoms with E-state index in [1.165, 1.54) is 11.3 Å². The molecule has 0 atom stereocenters. The van der Waals surface area contributed by atoms with Crippen molar-refractivity contribution in [3.8, 4) is 0 Å². The van der Waals surface area contributed by atoms with E-state index in [9.17, 15) is 4.79 Å². The Morgan fingerprint density at radius 1 is 1.85 bits per heavy atom. The average molecular weight is 265 g/mol. The van der Waals surface area contributed by atoms with Crippen LogP contribution in [0, 0.1) is 0 Å². The average Bonchev–Trinajstić information content (AvgIpc) is 2.48. The molecule has 0 spiro atoms. The maximum atomic E-state index is 11.1. The van der Waals surface area contributed by atoms with Crippen molar-refractivity contribution in [3.63, 3.8) is 0 Å². The quantitative estimate of drug-likeness (QED) is 0.904. The molecule has 6 heteroatoms. The van der Waals surface area contributed by atoms with E-state index in [2.05, 4.69) is 26.2 Å². The summed E-state index contributed by atoms with van der Waals surface area (Å²) in [5, 5.41) is 3.26. The Morgan fingerprint density at radius 2 is 2.62 bits per heavy atom. The highest BCUT2D eigenvalue weighted by Crippen LogP contribution is 2.22. The summed E-state index contributed by atoms with van der Waals surface area (Å²) in [6.07, 6.45) is 2.00. The molecule has 1 heterocycles. The van der Waals surface area contributed by atoms with Crippen LogP contribution in [0.4, 0.5) is 5.13 Å². The molecule has 1 aromatic heterocycles. The number of halogens is 1. The van der Waals surface area contributed by atoms with Crippen molar-refractivity contribution in [2.45, 2.75) is 6.42 Å². The Balaban J connectivity index is 2.36. The number of methoxy groups -OCH3 is 1. The number of amides is 1. The molecule has 0 saturated carbocycles. The van der Waals surface area contributed by atoms with Gasteiger partial charge in [0.25, 0.3) is 0 Å². The molecule has 13 heavy (non-hydrogen) atoms. The zero-order valence-electron chi connectivity index (χ0n) is 7.04. The van der Waals surface area contributed by atoms with Crippen molar-refractivity contribution in [2.24, 2.45) is 0 Å². The Bertz CT molecular complexity index is 290. The lowest BCUT2D eigenvalue weighted by Crippen LogP contribution is -2.13. The molecule has 1 aromatic rings. The maximum Gasteiger partial charge on any atom is 0.228 e. The van der Waals surface area contributed by atoms with Crippen LogP contribution in [-0.2, 0) is 9.53 Å². The third kappa shape index (κ3) is 3.84. The van der Waals surface area contributed by atoms with E-state index in [0.717, 1.165) is 3.79 Å². The Hall–Kier alpha value is -0.460. The number of thiazole rings is 1. The number of hydrogen-bond acceptors (Lipinski definition) is 4. The predicted octanol–water partition coefficient (Wildman–Crippen LogP) is 1.88. The number of aromatic nitrogens is 1. The van der Waals surface area contributed by atoms with Crippen molar-refractivity contribution in [1.29, 1.82) is 0 Å². The molecular formula is C7H9BrN2O2S. The van der Waals surface area contributed by atoms with Gasteiger partial charge in [-0.1, -0.05) is 11.3 Å². The summed E-state index contributed by atoms with van der Waals surface area (Å²) in [5.41, 5.74) is 0. The van der Waals surface area contributed by atoms with Gasteiger partial charge in [0, 0.05) is 7.11 Å². The first-order valence-corrected chi connectivity index (χ1v) is 5.23. The molecule has 0 unspecified atom stereocenters. The van der Waals surface area contributed by atoms with Gasteiger partial charge < -0.3 is 10.1 Å². The van der Waals surface area contributed by atoms with Crippen LogP contribution in [0.15, 0.2) is 9.98 Å². The summed E-state index contributed by atoms with van der Waals surface area (Å²) in [7, 11) is 1.56. The van der Waals surface area contributed by atoms with Crippen LogP contribution in [-0.4, -0.2) is 24.6 Å². The van der Waals surface area contributed by atoms with Gasteiger partial charge in [0.15, 0.2) is 5.13 Å². The second-order valence-corrected chi connectivity index (χ2v) is 4.67. The monoisotopic (exact) mass is 264 g/mol. The van der Waals surface area contributed by atoms with Crippen LogP contribution in [0.1, 0.15) is 6.42 Å². The van der Waals surface area contributed by atoms with E-state index in [4.69, 9.17) is 4.74 Å². The third-order valence-electron chi connectivity index (χ3n) is 1.26. The molecule has 0 aliphatic carbocycles. The van der Waals surface area contributed by atoms with Gasteiger partial charge in [0.05, 0.1) is 23.0 Å². The van der Waals surface area contributed by atoms with Gasteiger partial charge in [-0.2, -0.15) is 0 Å². The molecule has 0 saturated heterocycles. The van der Waals surface area contributed by atoms with E-state index in [1.54, 1.807) is 13.3 Å². The van der Waals surface area contributed by atoms with Gasteiger partial charge in [-0.15, -0.1) is 0 Å². The molecule has 0 radical (unpaired) electrons. The molecule has 0 bridgehead atoms. The van der Waals surface area contributed by atoms with Gasteiger partial charge in [-0.05, 0) is 15.9 Å². The third-order valence-corrected chi connectivity index (χ3v) is 2.65. The summed E-state index contributed by atoms with van der Waals surface area (Å²) in [6, 6.07) is 0. The van der Waals surface area contributed by atoms with Crippen molar-refractivity contribution < 1.29 is 9.53 Å². The fraction of sp³-hybridized carbons (Fsp3) is 0.429. The predicted molar refractivity (Wildman–Crippen MR) is 54.9 cm³/mol. The van der Waals surface area contributed by atoms with Crippen LogP contribution in [0.25, 0.3) is 0 Å². The lowest BCUT2D eigenvalue weighted by molar-refractivity contribution is -0.117. The zero-order chi connectivity index (χ0) is 9.68. The van der Waals surface area contributed by atoms with Gasteiger partial charge in [-0.25, -0.2) is 4.98 Å². The van der Waals surface area contributed by atoms with E-state index >= 15 is 0 Å². The highest BCUT2D eigenvalue weighted by Gasteiger charge is 2.04. The SMILES string of the molecule is COCCC(=O)Nc1ncc(Br)s1. The number of hydrogen-bond donors (Lipinski definition) is 1. The van der Waals surface area contributed by atoms with Crippen molar-refractivity contribution in [1.82, 2.24) is 4.98 Å². The normalized spacial score (nSPS) is 10.0. The summed E-state index contributed by atoms with van der Waals surface area (Å²) < 4.78 is 5.67. The number of carbonyl (C=O) groups excluding carboxylic acids is 1. The molecule has 0 aromatic carbocycles. The van der Waals surface area contributed by atoms with Crippen molar-refractivity contribution in [2.75, 3.05) is 19.0 Å². The molecule has 0 aliphatic heterocycles. The second-order valence-electron chi connectivity index (χ2n) is 2.26. The first-order valence-electron chi connectivity index (χ1n) is 3.62. The highest BCUT2D eigenvalue weighted by molar-refractivity contribution is 9.11. The number of ether oxygens (including phenoxy) is 1. The minimum atomic E-state index is -0.0799. The number of rotatable bonds is 4. The lowest BCUT2D eigenvalue weighted by Gasteiger charge is -1.99. The largest absolute Gasteiger partial charge is 0.384 e. The van der Waals surface area contributed by atoms with E-state index in [0.29, 0.717) is 18.2 Å². The highest BCUT2D eigenvalue weighted by atomic mass is 79.9. The molecule has 1 rings (SSSR count).